The molecule has 0 amide bonds. The summed E-state index contributed by atoms with van der Waals surface area (Å²) in [6, 6.07) is 5.29. The number of likely N-dealkylation sites (tertiary alicyclic amines) is 1. The molecule has 134 valence electrons. The molecule has 6 heteroatoms. The number of rotatable bonds is 6. The van der Waals surface area contributed by atoms with Crippen molar-refractivity contribution in [1.29, 1.82) is 0 Å². The van der Waals surface area contributed by atoms with Gasteiger partial charge < -0.3 is 5.11 Å². The maximum Gasteiger partial charge on any atom is 0.416 e. The summed E-state index contributed by atoms with van der Waals surface area (Å²) in [7, 11) is 0. The molecular formula is C18H24F3NO2. The van der Waals surface area contributed by atoms with Crippen LogP contribution in [0, 0.1) is 5.92 Å². The van der Waals surface area contributed by atoms with Crippen molar-refractivity contribution in [3.8, 4) is 0 Å². The SMILES string of the molecule is CCCCC(c1ccc(C(F)(F)F)cc1)N1CCCC(C(=O)O)C1. The van der Waals surface area contributed by atoms with Gasteiger partial charge in [0.15, 0.2) is 0 Å². The van der Waals surface area contributed by atoms with Crippen LogP contribution >= 0.6 is 0 Å². The summed E-state index contributed by atoms with van der Waals surface area (Å²) in [5, 5.41) is 9.26. The molecule has 1 aromatic rings. The van der Waals surface area contributed by atoms with E-state index in [0.29, 0.717) is 13.0 Å². The van der Waals surface area contributed by atoms with E-state index in [9.17, 15) is 23.1 Å². The van der Waals surface area contributed by atoms with Gasteiger partial charge in [0.25, 0.3) is 0 Å². The van der Waals surface area contributed by atoms with Crippen molar-refractivity contribution >= 4 is 5.97 Å². The molecule has 1 N–H and O–H groups in total. The Labute approximate surface area is 140 Å². The lowest BCUT2D eigenvalue weighted by Crippen LogP contribution is -2.41. The van der Waals surface area contributed by atoms with Gasteiger partial charge in [0.2, 0.25) is 0 Å². The average molecular weight is 343 g/mol. The second-order valence-corrected chi connectivity index (χ2v) is 6.45. The highest BCUT2D eigenvalue weighted by molar-refractivity contribution is 5.70. The predicted molar refractivity (Wildman–Crippen MR) is 85.6 cm³/mol. The lowest BCUT2D eigenvalue weighted by Gasteiger charge is -2.37. The number of carbonyl (C=O) groups is 1. The first-order chi connectivity index (χ1) is 11.3. The number of alkyl halides is 3. The Morgan fingerprint density at radius 1 is 1.33 bits per heavy atom. The second kappa shape index (κ2) is 8.01. The van der Waals surface area contributed by atoms with E-state index in [1.807, 2.05) is 0 Å². The van der Waals surface area contributed by atoms with Crippen LogP contribution < -0.4 is 0 Å². The zero-order valence-corrected chi connectivity index (χ0v) is 13.9. The highest BCUT2D eigenvalue weighted by Crippen LogP contribution is 2.34. The Kier molecular flexibility index (Phi) is 6.27. The molecule has 1 aliphatic heterocycles. The van der Waals surface area contributed by atoms with Gasteiger partial charge >= 0.3 is 12.1 Å². The Bertz CT molecular complexity index is 542. The number of carboxylic acid groups (broad SMARTS) is 1. The van der Waals surface area contributed by atoms with Crippen molar-refractivity contribution in [3.63, 3.8) is 0 Å². The smallest absolute Gasteiger partial charge is 0.416 e. The summed E-state index contributed by atoms with van der Waals surface area (Å²) >= 11 is 0. The summed E-state index contributed by atoms with van der Waals surface area (Å²) in [5.74, 6) is -1.18. The molecule has 1 aliphatic rings. The highest BCUT2D eigenvalue weighted by atomic mass is 19.4. The largest absolute Gasteiger partial charge is 0.481 e. The van der Waals surface area contributed by atoms with Crippen molar-refractivity contribution in [3.05, 3.63) is 35.4 Å². The molecule has 0 aliphatic carbocycles. The van der Waals surface area contributed by atoms with Crippen molar-refractivity contribution in [1.82, 2.24) is 4.90 Å². The van der Waals surface area contributed by atoms with Gasteiger partial charge in [0.1, 0.15) is 0 Å². The van der Waals surface area contributed by atoms with Crippen LogP contribution in [-0.2, 0) is 11.0 Å². The lowest BCUT2D eigenvalue weighted by molar-refractivity contribution is -0.144. The van der Waals surface area contributed by atoms with Gasteiger partial charge in [0, 0.05) is 12.6 Å². The van der Waals surface area contributed by atoms with Crippen LogP contribution in [0.2, 0.25) is 0 Å². The Morgan fingerprint density at radius 2 is 2.00 bits per heavy atom. The molecule has 1 aromatic carbocycles. The highest BCUT2D eigenvalue weighted by Gasteiger charge is 2.32. The maximum atomic E-state index is 12.7. The summed E-state index contributed by atoms with van der Waals surface area (Å²) in [6.07, 6.45) is -0.0853. The molecule has 2 rings (SSSR count). The molecule has 3 nitrogen and oxygen atoms in total. The Balaban J connectivity index is 2.19. The van der Waals surface area contributed by atoms with Crippen molar-refractivity contribution < 1.29 is 23.1 Å². The van der Waals surface area contributed by atoms with Gasteiger partial charge in [-0.25, -0.2) is 0 Å². The molecule has 1 fully saturated rings. The van der Waals surface area contributed by atoms with Crippen LogP contribution in [0.4, 0.5) is 13.2 Å². The van der Waals surface area contributed by atoms with E-state index in [2.05, 4.69) is 11.8 Å². The van der Waals surface area contributed by atoms with Crippen LogP contribution in [0.5, 0.6) is 0 Å². The van der Waals surface area contributed by atoms with Crippen LogP contribution in [0.15, 0.2) is 24.3 Å². The van der Waals surface area contributed by atoms with Gasteiger partial charge in [0.05, 0.1) is 11.5 Å². The monoisotopic (exact) mass is 343 g/mol. The minimum Gasteiger partial charge on any atom is -0.481 e. The first kappa shape index (κ1) is 18.8. The number of benzene rings is 1. The third kappa shape index (κ3) is 4.72. The van der Waals surface area contributed by atoms with Gasteiger partial charge in [-0.2, -0.15) is 13.2 Å². The Morgan fingerprint density at radius 3 is 2.54 bits per heavy atom. The van der Waals surface area contributed by atoms with Crippen molar-refractivity contribution in [2.45, 2.75) is 51.2 Å². The molecular weight excluding hydrogens is 319 g/mol. The molecule has 24 heavy (non-hydrogen) atoms. The molecule has 2 unspecified atom stereocenters. The number of unbranched alkanes of at least 4 members (excludes halogenated alkanes) is 1. The van der Waals surface area contributed by atoms with E-state index >= 15 is 0 Å². The molecule has 0 aromatic heterocycles. The van der Waals surface area contributed by atoms with E-state index in [1.165, 1.54) is 12.1 Å². The van der Waals surface area contributed by atoms with Crippen molar-refractivity contribution in [2.24, 2.45) is 5.92 Å². The lowest BCUT2D eigenvalue weighted by atomic mass is 9.92. The summed E-state index contributed by atoms with van der Waals surface area (Å²) in [5.41, 5.74) is 0.185. The number of aliphatic carboxylic acids is 1. The molecule has 1 heterocycles. The summed E-state index contributed by atoms with van der Waals surface area (Å²) in [4.78, 5) is 13.4. The first-order valence-corrected chi connectivity index (χ1v) is 8.47. The first-order valence-electron chi connectivity index (χ1n) is 8.47. The van der Waals surface area contributed by atoms with E-state index in [1.54, 1.807) is 0 Å². The molecule has 0 spiro atoms. The van der Waals surface area contributed by atoms with E-state index in [0.717, 1.165) is 49.9 Å². The van der Waals surface area contributed by atoms with E-state index in [-0.39, 0.29) is 6.04 Å². The fourth-order valence-electron chi connectivity index (χ4n) is 3.34. The fraction of sp³-hybridized carbons (Fsp3) is 0.611. The standard InChI is InChI=1S/C18H24F3NO2/c1-2-3-6-16(22-11-4-5-14(12-22)17(23)24)13-7-9-15(10-8-13)18(19,20)21/h7-10,14,16H,2-6,11-12H2,1H3,(H,23,24). The maximum absolute atomic E-state index is 12.7. The second-order valence-electron chi connectivity index (χ2n) is 6.45. The number of nitrogens with zero attached hydrogens (tertiary/aromatic N) is 1. The molecule has 1 saturated heterocycles. The Hall–Kier alpha value is -1.56. The zero-order valence-electron chi connectivity index (χ0n) is 13.9. The van der Waals surface area contributed by atoms with E-state index in [4.69, 9.17) is 0 Å². The minimum atomic E-state index is -4.34. The van der Waals surface area contributed by atoms with Gasteiger partial charge in [-0.1, -0.05) is 31.9 Å². The third-order valence-corrected chi connectivity index (χ3v) is 4.70. The topological polar surface area (TPSA) is 40.5 Å². The molecule has 0 bridgehead atoms. The summed E-state index contributed by atoms with van der Waals surface area (Å²) < 4.78 is 38.2. The predicted octanol–water partition coefficient (Wildman–Crippen LogP) is 4.73. The number of piperidine rings is 1. The van der Waals surface area contributed by atoms with Crippen molar-refractivity contribution in [2.75, 3.05) is 13.1 Å². The number of carboxylic acids is 1. The van der Waals surface area contributed by atoms with Gasteiger partial charge in [-0.3, -0.25) is 9.69 Å². The van der Waals surface area contributed by atoms with Gasteiger partial charge in [-0.05, 0) is 43.5 Å². The van der Waals surface area contributed by atoms with Crippen LogP contribution in [0.1, 0.15) is 56.2 Å². The third-order valence-electron chi connectivity index (χ3n) is 4.70. The van der Waals surface area contributed by atoms with Gasteiger partial charge in [-0.15, -0.1) is 0 Å². The quantitative estimate of drug-likeness (QED) is 0.811. The minimum absolute atomic E-state index is 0.0191. The van der Waals surface area contributed by atoms with Crippen LogP contribution in [0.25, 0.3) is 0 Å². The zero-order chi connectivity index (χ0) is 17.7. The summed E-state index contributed by atoms with van der Waals surface area (Å²) in [6.45, 7) is 3.32. The van der Waals surface area contributed by atoms with Crippen LogP contribution in [0.3, 0.4) is 0 Å². The normalized spacial score (nSPS) is 20.8. The molecule has 0 saturated carbocycles. The van der Waals surface area contributed by atoms with E-state index < -0.39 is 23.6 Å². The number of hydrogen-bond donors (Lipinski definition) is 1. The number of hydrogen-bond acceptors (Lipinski definition) is 2. The fourth-order valence-corrected chi connectivity index (χ4v) is 3.34. The number of halogens is 3. The molecule has 0 radical (unpaired) electrons. The molecule has 2 atom stereocenters. The average Bonchev–Trinajstić information content (AvgIpc) is 2.55. The van der Waals surface area contributed by atoms with Crippen LogP contribution in [-0.4, -0.2) is 29.1 Å².